The predicted octanol–water partition coefficient (Wildman–Crippen LogP) is 1.84. The van der Waals surface area contributed by atoms with E-state index >= 15 is 0 Å². The van der Waals surface area contributed by atoms with E-state index in [2.05, 4.69) is 19.5 Å². The molecule has 0 aromatic heterocycles. The van der Waals surface area contributed by atoms with Crippen molar-refractivity contribution in [2.45, 2.75) is 0 Å². The van der Waals surface area contributed by atoms with E-state index < -0.39 is 18.0 Å². The maximum atomic E-state index is 11.5. The van der Waals surface area contributed by atoms with Gasteiger partial charge in [-0.1, -0.05) is 6.07 Å². The summed E-state index contributed by atoms with van der Waals surface area (Å²) in [5.41, 5.74) is 1.04. The van der Waals surface area contributed by atoms with Gasteiger partial charge < -0.3 is 14.2 Å². The van der Waals surface area contributed by atoms with E-state index in [0.717, 1.165) is 0 Å². The zero-order valence-electron chi connectivity index (χ0n) is 11.8. The fraction of sp³-hybridized carbons (Fsp3) is 0.214. The maximum Gasteiger partial charge on any atom is 0.411 e. The number of benzene rings is 1. The summed E-state index contributed by atoms with van der Waals surface area (Å²) in [5.74, 6) is -1.09. The van der Waals surface area contributed by atoms with Crippen LogP contribution in [-0.4, -0.2) is 39.4 Å². The lowest BCUT2D eigenvalue weighted by atomic mass is 10.1. The predicted molar refractivity (Wildman–Crippen MR) is 74.9 cm³/mol. The molecule has 0 radical (unpaired) electrons. The molecule has 0 spiro atoms. The summed E-state index contributed by atoms with van der Waals surface area (Å²) in [5, 5.41) is 2.45. The SMILES string of the molecule is COC(=O)/C=C/c1ccc(C(=O)OC)cc1NC(=O)OC. The van der Waals surface area contributed by atoms with Crippen LogP contribution in [0.15, 0.2) is 24.3 Å². The topological polar surface area (TPSA) is 90.9 Å². The lowest BCUT2D eigenvalue weighted by Gasteiger charge is -2.09. The summed E-state index contributed by atoms with van der Waals surface area (Å²) in [6, 6.07) is 4.47. The van der Waals surface area contributed by atoms with Gasteiger partial charge in [0, 0.05) is 6.08 Å². The van der Waals surface area contributed by atoms with Gasteiger partial charge in [-0.15, -0.1) is 0 Å². The van der Waals surface area contributed by atoms with Crippen LogP contribution in [0.2, 0.25) is 0 Å². The Morgan fingerprint density at radius 1 is 1.05 bits per heavy atom. The molecule has 1 N–H and O–H groups in total. The third-order valence-corrected chi connectivity index (χ3v) is 2.50. The van der Waals surface area contributed by atoms with Gasteiger partial charge in [0.15, 0.2) is 0 Å². The van der Waals surface area contributed by atoms with Crippen molar-refractivity contribution in [2.24, 2.45) is 0 Å². The van der Waals surface area contributed by atoms with E-state index in [0.29, 0.717) is 11.3 Å². The largest absolute Gasteiger partial charge is 0.466 e. The second-order valence-corrected chi connectivity index (χ2v) is 3.77. The quantitative estimate of drug-likeness (QED) is 0.517. The minimum absolute atomic E-state index is 0.249. The monoisotopic (exact) mass is 293 g/mol. The second kappa shape index (κ2) is 7.68. The van der Waals surface area contributed by atoms with Crippen LogP contribution in [0.25, 0.3) is 6.08 Å². The van der Waals surface area contributed by atoms with Gasteiger partial charge in [0.25, 0.3) is 0 Å². The highest BCUT2D eigenvalue weighted by molar-refractivity contribution is 5.96. The van der Waals surface area contributed by atoms with Crippen molar-refractivity contribution in [3.63, 3.8) is 0 Å². The van der Waals surface area contributed by atoms with Gasteiger partial charge in [-0.05, 0) is 23.8 Å². The lowest BCUT2D eigenvalue weighted by molar-refractivity contribution is -0.134. The summed E-state index contributed by atoms with van der Waals surface area (Å²) in [7, 11) is 3.71. The number of ether oxygens (including phenoxy) is 3. The highest BCUT2D eigenvalue weighted by Crippen LogP contribution is 2.20. The Morgan fingerprint density at radius 3 is 2.33 bits per heavy atom. The molecular formula is C14H15NO6. The highest BCUT2D eigenvalue weighted by atomic mass is 16.5. The van der Waals surface area contributed by atoms with Gasteiger partial charge in [-0.2, -0.15) is 0 Å². The van der Waals surface area contributed by atoms with E-state index in [1.165, 1.54) is 45.6 Å². The average Bonchev–Trinajstić information content (AvgIpc) is 2.52. The Labute approximate surface area is 121 Å². The molecule has 0 aliphatic rings. The van der Waals surface area contributed by atoms with Gasteiger partial charge in [0.05, 0.1) is 32.6 Å². The van der Waals surface area contributed by atoms with Crippen LogP contribution in [0, 0.1) is 0 Å². The minimum atomic E-state index is -0.704. The Balaban J connectivity index is 3.16. The number of anilines is 1. The molecule has 0 aliphatic carbocycles. The molecule has 0 heterocycles. The first-order chi connectivity index (χ1) is 10.0. The smallest absolute Gasteiger partial charge is 0.411 e. The van der Waals surface area contributed by atoms with Crippen molar-refractivity contribution in [3.8, 4) is 0 Å². The second-order valence-electron chi connectivity index (χ2n) is 3.77. The van der Waals surface area contributed by atoms with E-state index in [9.17, 15) is 14.4 Å². The third kappa shape index (κ3) is 4.64. The standard InChI is InChI=1S/C14H15NO6/c1-19-12(16)7-6-9-4-5-10(13(17)20-2)8-11(9)15-14(18)21-3/h4-8H,1-3H3,(H,15,18)/b7-6+. The van der Waals surface area contributed by atoms with Crippen molar-refractivity contribution in [3.05, 3.63) is 35.4 Å². The molecule has 0 aliphatic heterocycles. The summed E-state index contributed by atoms with van der Waals surface area (Å²) >= 11 is 0. The minimum Gasteiger partial charge on any atom is -0.466 e. The molecular weight excluding hydrogens is 278 g/mol. The Hall–Kier alpha value is -2.83. The van der Waals surface area contributed by atoms with Crippen LogP contribution in [0.5, 0.6) is 0 Å². The number of nitrogens with one attached hydrogen (secondary N) is 1. The van der Waals surface area contributed by atoms with E-state index in [-0.39, 0.29) is 5.56 Å². The Bertz CT molecular complexity index is 579. The summed E-state index contributed by atoms with van der Waals surface area (Å²) in [4.78, 5) is 33.9. The van der Waals surface area contributed by atoms with Crippen LogP contribution in [0.3, 0.4) is 0 Å². The molecule has 0 saturated heterocycles. The maximum absolute atomic E-state index is 11.5. The number of carbonyl (C=O) groups excluding carboxylic acids is 3. The number of rotatable bonds is 4. The molecule has 0 atom stereocenters. The first-order valence-electron chi connectivity index (χ1n) is 5.85. The molecule has 21 heavy (non-hydrogen) atoms. The number of hydrogen-bond donors (Lipinski definition) is 1. The van der Waals surface area contributed by atoms with Crippen molar-refractivity contribution in [2.75, 3.05) is 26.6 Å². The summed E-state index contributed by atoms with van der Waals surface area (Å²) in [6.07, 6.45) is 1.93. The Kier molecular flexibility index (Phi) is 5.94. The fourth-order valence-corrected chi connectivity index (χ4v) is 1.44. The first kappa shape index (κ1) is 16.2. The normalized spacial score (nSPS) is 10.0. The summed E-state index contributed by atoms with van der Waals surface area (Å²) in [6.45, 7) is 0. The molecule has 1 rings (SSSR count). The van der Waals surface area contributed by atoms with Gasteiger partial charge in [0.2, 0.25) is 0 Å². The molecule has 1 amide bonds. The van der Waals surface area contributed by atoms with Crippen molar-refractivity contribution < 1.29 is 28.6 Å². The van der Waals surface area contributed by atoms with E-state index in [4.69, 9.17) is 0 Å². The number of amides is 1. The van der Waals surface area contributed by atoms with Gasteiger partial charge >= 0.3 is 18.0 Å². The van der Waals surface area contributed by atoms with Crippen LogP contribution < -0.4 is 5.32 Å². The average molecular weight is 293 g/mol. The summed E-state index contributed by atoms with van der Waals surface area (Å²) < 4.78 is 13.6. The molecule has 0 unspecified atom stereocenters. The Morgan fingerprint density at radius 2 is 1.76 bits per heavy atom. The molecule has 7 heteroatoms. The highest BCUT2D eigenvalue weighted by Gasteiger charge is 2.11. The lowest BCUT2D eigenvalue weighted by Crippen LogP contribution is -2.13. The number of hydrogen-bond acceptors (Lipinski definition) is 6. The van der Waals surface area contributed by atoms with Gasteiger partial charge in [-0.25, -0.2) is 14.4 Å². The molecule has 1 aromatic carbocycles. The van der Waals surface area contributed by atoms with Crippen LogP contribution in [-0.2, 0) is 19.0 Å². The zero-order chi connectivity index (χ0) is 15.8. The van der Waals surface area contributed by atoms with Crippen molar-refractivity contribution in [1.82, 2.24) is 0 Å². The van der Waals surface area contributed by atoms with Gasteiger partial charge in [-0.3, -0.25) is 5.32 Å². The number of methoxy groups -OCH3 is 3. The zero-order valence-corrected chi connectivity index (χ0v) is 11.8. The van der Waals surface area contributed by atoms with E-state index in [1.807, 2.05) is 0 Å². The molecule has 0 fully saturated rings. The molecule has 0 bridgehead atoms. The molecule has 1 aromatic rings. The van der Waals surface area contributed by atoms with Crippen LogP contribution in [0.1, 0.15) is 15.9 Å². The molecule has 0 saturated carbocycles. The third-order valence-electron chi connectivity index (χ3n) is 2.50. The number of carbonyl (C=O) groups is 3. The first-order valence-corrected chi connectivity index (χ1v) is 5.85. The van der Waals surface area contributed by atoms with Crippen LogP contribution in [0.4, 0.5) is 10.5 Å². The van der Waals surface area contributed by atoms with Gasteiger partial charge in [0.1, 0.15) is 0 Å². The van der Waals surface area contributed by atoms with Crippen LogP contribution >= 0.6 is 0 Å². The number of esters is 2. The molecule has 7 nitrogen and oxygen atoms in total. The van der Waals surface area contributed by atoms with E-state index in [1.54, 1.807) is 6.07 Å². The fourth-order valence-electron chi connectivity index (χ4n) is 1.44. The van der Waals surface area contributed by atoms with Crippen molar-refractivity contribution in [1.29, 1.82) is 0 Å². The molecule has 112 valence electrons. The van der Waals surface area contributed by atoms with Crippen molar-refractivity contribution >= 4 is 29.8 Å².